The smallest absolute Gasteiger partial charge is 0.413 e. The summed E-state index contributed by atoms with van der Waals surface area (Å²) in [6, 6.07) is 8.86. The van der Waals surface area contributed by atoms with Crippen LogP contribution in [0.1, 0.15) is 26.3 Å². The van der Waals surface area contributed by atoms with Crippen LogP contribution in [0.4, 0.5) is 4.79 Å². The van der Waals surface area contributed by atoms with Gasteiger partial charge in [-0.1, -0.05) is 62.9 Å². The highest BCUT2D eigenvalue weighted by atomic mass is 32.2. The molecule has 5 atom stereocenters. The van der Waals surface area contributed by atoms with Crippen molar-refractivity contribution in [3.05, 3.63) is 35.9 Å². The zero-order valence-electron chi connectivity index (χ0n) is 20.4. The number of thioether (sulfide) groups is 1. The molecular weight excluding hydrogens is 476 g/mol. The van der Waals surface area contributed by atoms with Crippen molar-refractivity contribution in [2.24, 2.45) is 4.99 Å². The van der Waals surface area contributed by atoms with E-state index < -0.39 is 44.2 Å². The van der Waals surface area contributed by atoms with Crippen LogP contribution in [0.15, 0.2) is 35.3 Å². The van der Waals surface area contributed by atoms with Crippen LogP contribution in [0.3, 0.4) is 0 Å². The first-order chi connectivity index (χ1) is 15.9. The van der Waals surface area contributed by atoms with Crippen molar-refractivity contribution in [1.82, 2.24) is 4.90 Å². The molecule has 2 aliphatic heterocycles. The molecule has 11 heteroatoms. The lowest BCUT2D eigenvalue weighted by molar-refractivity contribution is -0.162. The van der Waals surface area contributed by atoms with Crippen molar-refractivity contribution in [3.63, 3.8) is 0 Å². The molecule has 0 radical (unpaired) electrons. The van der Waals surface area contributed by atoms with Crippen molar-refractivity contribution < 1.29 is 34.0 Å². The van der Waals surface area contributed by atoms with Crippen LogP contribution in [-0.2, 0) is 20.5 Å². The lowest BCUT2D eigenvalue weighted by Gasteiger charge is -2.41. The Kier molecular flexibility index (Phi) is 8.83. The summed E-state index contributed by atoms with van der Waals surface area (Å²) in [6.45, 7) is 11.4. The van der Waals surface area contributed by atoms with Crippen LogP contribution >= 0.6 is 11.8 Å². The van der Waals surface area contributed by atoms with Gasteiger partial charge < -0.3 is 29.2 Å². The van der Waals surface area contributed by atoms with Gasteiger partial charge in [-0.3, -0.25) is 9.89 Å². The van der Waals surface area contributed by atoms with Gasteiger partial charge in [0.2, 0.25) is 0 Å². The number of carbonyl (C=O) groups is 1. The quantitative estimate of drug-likeness (QED) is 0.359. The molecule has 3 rings (SSSR count). The number of carboxylic acid groups (broad SMARTS) is 1. The van der Waals surface area contributed by atoms with E-state index in [1.165, 1.54) is 0 Å². The third-order valence-corrected chi connectivity index (χ3v) is 12.3. The summed E-state index contributed by atoms with van der Waals surface area (Å²) in [5.74, 6) is 0. The van der Waals surface area contributed by atoms with Gasteiger partial charge in [0.25, 0.3) is 0 Å². The van der Waals surface area contributed by atoms with Gasteiger partial charge in [-0.05, 0) is 23.7 Å². The van der Waals surface area contributed by atoms with Crippen LogP contribution < -0.4 is 0 Å². The molecule has 0 saturated carbocycles. The van der Waals surface area contributed by atoms with Gasteiger partial charge >= 0.3 is 6.09 Å². The second-order valence-electron chi connectivity index (χ2n) is 10.1. The van der Waals surface area contributed by atoms with Crippen molar-refractivity contribution in [1.29, 1.82) is 0 Å². The summed E-state index contributed by atoms with van der Waals surface area (Å²) in [5.41, 5.74) is 0.396. The van der Waals surface area contributed by atoms with E-state index in [2.05, 4.69) is 38.9 Å². The summed E-state index contributed by atoms with van der Waals surface area (Å²) in [6.07, 6.45) is -4.25. The molecule has 0 aromatic heterocycles. The summed E-state index contributed by atoms with van der Waals surface area (Å²) >= 11 is 1.14. The number of hydrogen-bond donors (Lipinski definition) is 3. The van der Waals surface area contributed by atoms with Crippen molar-refractivity contribution >= 4 is 31.3 Å². The molecular formula is C23H36N2O7SSi. The monoisotopic (exact) mass is 512 g/mol. The molecule has 3 N–H and O–H groups in total. The first-order valence-electron chi connectivity index (χ1n) is 11.4. The third-order valence-electron chi connectivity index (χ3n) is 6.60. The van der Waals surface area contributed by atoms with Crippen molar-refractivity contribution in [2.75, 3.05) is 19.8 Å². The normalized spacial score (nSPS) is 27.3. The zero-order valence-corrected chi connectivity index (χ0v) is 22.2. The highest BCUT2D eigenvalue weighted by Crippen LogP contribution is 2.40. The lowest BCUT2D eigenvalue weighted by atomic mass is 9.99. The Labute approximate surface area is 206 Å². The predicted molar refractivity (Wildman–Crippen MR) is 133 cm³/mol. The number of aliphatic hydroxyl groups is 2. The van der Waals surface area contributed by atoms with Gasteiger partial charge in [0.05, 0.1) is 26.4 Å². The minimum atomic E-state index is -2.07. The average Bonchev–Trinajstić information content (AvgIpc) is 3.18. The number of ether oxygens (including phenoxy) is 2. The molecule has 0 spiro atoms. The highest BCUT2D eigenvalue weighted by Gasteiger charge is 2.50. The van der Waals surface area contributed by atoms with Crippen LogP contribution in [0, 0.1) is 0 Å². The molecule has 0 aliphatic carbocycles. The molecule has 0 bridgehead atoms. The molecule has 1 aromatic carbocycles. The second kappa shape index (κ2) is 11.1. The molecule has 1 amide bonds. The fraction of sp³-hybridized carbons (Fsp3) is 0.652. The van der Waals surface area contributed by atoms with E-state index in [0.717, 1.165) is 22.2 Å². The van der Waals surface area contributed by atoms with E-state index in [4.69, 9.17) is 13.9 Å². The van der Waals surface area contributed by atoms with E-state index in [1.807, 2.05) is 30.3 Å². The van der Waals surface area contributed by atoms with E-state index in [9.17, 15) is 20.1 Å². The van der Waals surface area contributed by atoms with E-state index in [-0.39, 0.29) is 30.0 Å². The standard InChI is InChI=1S/C23H36N2O7SSi/c1-23(2,3)34(4,5)31-14-16-18(26)19(27)17-20(32-16)33-21(24-17)25(22(28)29)11-12-30-13-15-9-7-6-8-10-15/h6-10,16-20,26-27H,11-14H2,1-5H3,(H,28,29)/t16-,17-,18-,19-,20-/m1/s1. The van der Waals surface area contributed by atoms with Gasteiger partial charge in [0.15, 0.2) is 13.5 Å². The minimum absolute atomic E-state index is 0.00324. The molecule has 1 fully saturated rings. The number of amides is 1. The van der Waals surface area contributed by atoms with Crippen LogP contribution in [0.2, 0.25) is 18.1 Å². The van der Waals surface area contributed by atoms with Gasteiger partial charge in [-0.2, -0.15) is 0 Å². The first kappa shape index (κ1) is 27.1. The van der Waals surface area contributed by atoms with E-state index in [1.54, 1.807) is 0 Å². The maximum atomic E-state index is 11.9. The summed E-state index contributed by atoms with van der Waals surface area (Å²) in [7, 11) is -2.07. The number of aliphatic imine (C=N–C) groups is 1. The van der Waals surface area contributed by atoms with E-state index >= 15 is 0 Å². The molecule has 2 heterocycles. The number of rotatable bonds is 8. The van der Waals surface area contributed by atoms with Crippen molar-refractivity contribution in [3.8, 4) is 0 Å². The molecule has 2 aliphatic rings. The number of hydrogen-bond acceptors (Lipinski definition) is 8. The fourth-order valence-electron chi connectivity index (χ4n) is 3.38. The molecule has 1 aromatic rings. The largest absolute Gasteiger partial charge is 0.465 e. The van der Waals surface area contributed by atoms with Crippen LogP contribution in [0.5, 0.6) is 0 Å². The number of aliphatic hydroxyl groups excluding tert-OH is 2. The lowest BCUT2D eigenvalue weighted by Crippen LogP contribution is -2.57. The minimum Gasteiger partial charge on any atom is -0.465 e. The highest BCUT2D eigenvalue weighted by molar-refractivity contribution is 8.14. The number of amidine groups is 1. The molecule has 0 unspecified atom stereocenters. The Morgan fingerprint density at radius 3 is 2.50 bits per heavy atom. The summed E-state index contributed by atoms with van der Waals surface area (Å²) in [4.78, 5) is 17.4. The van der Waals surface area contributed by atoms with Crippen LogP contribution in [-0.4, -0.2) is 89.3 Å². The molecule has 34 heavy (non-hydrogen) atoms. The summed E-state index contributed by atoms with van der Waals surface area (Å²) < 4.78 is 17.8. The van der Waals surface area contributed by atoms with Crippen LogP contribution in [0.25, 0.3) is 0 Å². The topological polar surface area (TPSA) is 121 Å². The maximum Gasteiger partial charge on any atom is 0.413 e. The van der Waals surface area contributed by atoms with Gasteiger partial charge in [0, 0.05) is 0 Å². The predicted octanol–water partition coefficient (Wildman–Crippen LogP) is 3.12. The maximum absolute atomic E-state index is 11.9. The number of nitrogens with zero attached hydrogens (tertiary/aromatic N) is 2. The van der Waals surface area contributed by atoms with Crippen molar-refractivity contribution in [2.45, 2.75) is 75.3 Å². The molecule has 1 saturated heterocycles. The van der Waals surface area contributed by atoms with Gasteiger partial charge in [0.1, 0.15) is 29.8 Å². The molecule has 190 valence electrons. The SMILES string of the molecule is CC(C)(C)[Si](C)(C)OC[C@H]1O[C@@H]2SC(N(CCOCc3ccccc3)C(=O)O)=N[C@@H]2[C@@H](O)[C@@H]1O. The zero-order chi connectivity index (χ0) is 25.1. The second-order valence-corrected chi connectivity index (χ2v) is 16.0. The molecule has 9 nitrogen and oxygen atoms in total. The number of fused-ring (bicyclic) bond motifs is 1. The Morgan fingerprint density at radius 1 is 1.21 bits per heavy atom. The summed E-state index contributed by atoms with van der Waals surface area (Å²) in [5, 5.41) is 31.3. The van der Waals surface area contributed by atoms with E-state index in [0.29, 0.717) is 6.61 Å². The Morgan fingerprint density at radius 2 is 1.88 bits per heavy atom. The Bertz CT molecular complexity index is 865. The Hall–Kier alpha value is -1.47. The fourth-order valence-corrected chi connectivity index (χ4v) is 5.64. The van der Waals surface area contributed by atoms with Gasteiger partial charge in [-0.25, -0.2) is 4.79 Å². The first-order valence-corrected chi connectivity index (χ1v) is 15.2. The van der Waals surface area contributed by atoms with Gasteiger partial charge in [-0.15, -0.1) is 0 Å². The average molecular weight is 513 g/mol. The number of benzene rings is 1. The third kappa shape index (κ3) is 6.39. The Balaban J connectivity index is 1.58.